The molecule has 2 aromatic carbocycles. The van der Waals surface area contributed by atoms with Gasteiger partial charge in [0.15, 0.2) is 0 Å². The van der Waals surface area contributed by atoms with Gasteiger partial charge in [-0.05, 0) is 58.7 Å². The van der Waals surface area contributed by atoms with Crippen LogP contribution in [0.5, 0.6) is 0 Å². The van der Waals surface area contributed by atoms with E-state index in [-0.39, 0.29) is 11.9 Å². The van der Waals surface area contributed by atoms with Crippen LogP contribution in [0.15, 0.2) is 51.4 Å². The molecule has 0 aromatic heterocycles. The monoisotopic (exact) mass is 371 g/mol. The van der Waals surface area contributed by atoms with E-state index in [1.54, 1.807) is 6.07 Å². The summed E-state index contributed by atoms with van der Waals surface area (Å²) < 4.78 is 14.8. The summed E-state index contributed by atoms with van der Waals surface area (Å²) >= 11 is 6.76. The molecule has 2 aromatic rings. The third kappa shape index (κ3) is 3.33. The van der Waals surface area contributed by atoms with Crippen molar-refractivity contribution in [1.29, 1.82) is 0 Å². The van der Waals surface area contributed by atoms with E-state index in [2.05, 4.69) is 56.2 Å². The predicted octanol–water partition coefficient (Wildman–Crippen LogP) is 5.52. The summed E-state index contributed by atoms with van der Waals surface area (Å²) in [4.78, 5) is 0. The first kappa shape index (κ1) is 13.6. The number of rotatable bonds is 3. The van der Waals surface area contributed by atoms with Gasteiger partial charge in [-0.1, -0.05) is 28.1 Å². The minimum Gasteiger partial charge on any atom is -0.378 e. The van der Waals surface area contributed by atoms with Gasteiger partial charge in [-0.15, -0.1) is 0 Å². The third-order valence-corrected chi connectivity index (χ3v) is 3.86. The summed E-state index contributed by atoms with van der Waals surface area (Å²) in [5, 5.41) is 3.34. The molecule has 1 atom stereocenters. The molecule has 1 N–H and O–H groups in total. The molecule has 4 heteroatoms. The van der Waals surface area contributed by atoms with Crippen LogP contribution in [0.2, 0.25) is 0 Å². The van der Waals surface area contributed by atoms with Gasteiger partial charge in [0.05, 0.1) is 0 Å². The fourth-order valence-electron chi connectivity index (χ4n) is 1.67. The maximum Gasteiger partial charge on any atom is 0.124 e. The highest BCUT2D eigenvalue weighted by Crippen LogP contribution is 2.27. The molecule has 0 aliphatic carbocycles. The minimum atomic E-state index is -0.247. The van der Waals surface area contributed by atoms with Crippen molar-refractivity contribution in [2.75, 3.05) is 5.32 Å². The quantitative estimate of drug-likeness (QED) is 0.747. The van der Waals surface area contributed by atoms with Crippen LogP contribution in [0.25, 0.3) is 0 Å². The van der Waals surface area contributed by atoms with Crippen LogP contribution in [-0.2, 0) is 0 Å². The summed E-state index contributed by atoms with van der Waals surface area (Å²) in [5.41, 5.74) is 2.06. The second-order valence-electron chi connectivity index (χ2n) is 4.04. The van der Waals surface area contributed by atoms with Gasteiger partial charge >= 0.3 is 0 Å². The average Bonchev–Trinajstić information content (AvgIpc) is 2.33. The van der Waals surface area contributed by atoms with Gasteiger partial charge in [-0.25, -0.2) is 4.39 Å². The molecule has 0 saturated carbocycles. The molecule has 1 nitrogen and oxygen atoms in total. The molecule has 0 radical (unpaired) electrons. The van der Waals surface area contributed by atoms with E-state index < -0.39 is 0 Å². The summed E-state index contributed by atoms with van der Waals surface area (Å²) in [5.74, 6) is -0.247. The highest BCUT2D eigenvalue weighted by atomic mass is 79.9. The molecule has 0 spiro atoms. The van der Waals surface area contributed by atoms with Crippen molar-refractivity contribution in [2.24, 2.45) is 0 Å². The molecule has 2 rings (SSSR count). The second kappa shape index (κ2) is 5.85. The fourth-order valence-corrected chi connectivity index (χ4v) is 2.40. The van der Waals surface area contributed by atoms with Crippen LogP contribution in [0.3, 0.4) is 0 Å². The van der Waals surface area contributed by atoms with Gasteiger partial charge in [-0.3, -0.25) is 0 Å². The van der Waals surface area contributed by atoms with Crippen molar-refractivity contribution < 1.29 is 4.39 Å². The molecule has 0 aliphatic heterocycles. The summed E-state index contributed by atoms with van der Waals surface area (Å²) in [7, 11) is 0. The molecule has 0 bridgehead atoms. The lowest BCUT2D eigenvalue weighted by molar-refractivity contribution is 0.627. The molecular weight excluding hydrogens is 361 g/mol. The first-order valence-electron chi connectivity index (χ1n) is 5.53. The Hall–Kier alpha value is -0.870. The molecule has 1 unspecified atom stereocenters. The highest BCUT2D eigenvalue weighted by Gasteiger charge is 2.07. The molecule has 0 heterocycles. The lowest BCUT2D eigenvalue weighted by atomic mass is 10.1. The normalized spacial score (nSPS) is 12.2. The SMILES string of the molecule is CC(Nc1ccc(F)cc1Br)c1ccc(Br)cc1. The van der Waals surface area contributed by atoms with Crippen LogP contribution in [0.1, 0.15) is 18.5 Å². The molecular formula is C14H12Br2FN. The van der Waals surface area contributed by atoms with Crippen molar-refractivity contribution in [3.8, 4) is 0 Å². The maximum atomic E-state index is 13.0. The zero-order chi connectivity index (χ0) is 13.1. The first-order chi connectivity index (χ1) is 8.56. The zero-order valence-corrected chi connectivity index (χ0v) is 12.9. The van der Waals surface area contributed by atoms with Crippen LogP contribution in [-0.4, -0.2) is 0 Å². The number of anilines is 1. The van der Waals surface area contributed by atoms with Gasteiger partial charge in [-0.2, -0.15) is 0 Å². The van der Waals surface area contributed by atoms with Crippen LogP contribution < -0.4 is 5.32 Å². The average molecular weight is 373 g/mol. The van der Waals surface area contributed by atoms with E-state index >= 15 is 0 Å². The van der Waals surface area contributed by atoms with Crippen LogP contribution in [0.4, 0.5) is 10.1 Å². The van der Waals surface area contributed by atoms with Gasteiger partial charge in [0.25, 0.3) is 0 Å². The third-order valence-electron chi connectivity index (χ3n) is 2.67. The summed E-state index contributed by atoms with van der Waals surface area (Å²) in [6.45, 7) is 2.07. The van der Waals surface area contributed by atoms with Crippen molar-refractivity contribution in [3.05, 3.63) is 62.8 Å². The molecule has 0 saturated heterocycles. The lowest BCUT2D eigenvalue weighted by Gasteiger charge is -2.17. The van der Waals surface area contributed by atoms with Gasteiger partial charge in [0.2, 0.25) is 0 Å². The van der Waals surface area contributed by atoms with E-state index in [0.29, 0.717) is 0 Å². The maximum absolute atomic E-state index is 13.0. The van der Waals surface area contributed by atoms with Gasteiger partial charge in [0.1, 0.15) is 5.82 Å². The molecule has 18 heavy (non-hydrogen) atoms. The standard InChI is InChI=1S/C14H12Br2FN/c1-9(10-2-4-11(15)5-3-10)18-14-7-6-12(17)8-13(14)16/h2-9,18H,1H3. The number of halogens is 3. The second-order valence-corrected chi connectivity index (χ2v) is 5.81. The topological polar surface area (TPSA) is 12.0 Å². The largest absolute Gasteiger partial charge is 0.378 e. The molecule has 0 aliphatic rings. The van der Waals surface area contributed by atoms with E-state index in [1.807, 2.05) is 12.1 Å². The Morgan fingerprint density at radius 1 is 1.06 bits per heavy atom. The predicted molar refractivity (Wildman–Crippen MR) is 80.3 cm³/mol. The molecule has 0 fully saturated rings. The van der Waals surface area contributed by atoms with E-state index in [0.717, 1.165) is 14.6 Å². The van der Waals surface area contributed by atoms with Crippen LogP contribution >= 0.6 is 31.9 Å². The lowest BCUT2D eigenvalue weighted by Crippen LogP contribution is -2.06. The van der Waals surface area contributed by atoms with Crippen molar-refractivity contribution in [3.63, 3.8) is 0 Å². The number of hydrogen-bond donors (Lipinski definition) is 1. The number of nitrogens with one attached hydrogen (secondary N) is 1. The minimum absolute atomic E-state index is 0.153. The Labute approximate surface area is 123 Å². The molecule has 94 valence electrons. The summed E-state index contributed by atoms with van der Waals surface area (Å²) in [6.07, 6.45) is 0. The number of hydrogen-bond acceptors (Lipinski definition) is 1. The summed E-state index contributed by atoms with van der Waals surface area (Å²) in [6, 6.07) is 12.9. The van der Waals surface area contributed by atoms with Crippen molar-refractivity contribution >= 4 is 37.5 Å². The Morgan fingerprint density at radius 2 is 1.72 bits per heavy atom. The van der Waals surface area contributed by atoms with E-state index in [9.17, 15) is 4.39 Å². The van der Waals surface area contributed by atoms with E-state index in [4.69, 9.17) is 0 Å². The van der Waals surface area contributed by atoms with Crippen LogP contribution in [0, 0.1) is 5.82 Å². The van der Waals surface area contributed by atoms with E-state index in [1.165, 1.54) is 17.7 Å². The van der Waals surface area contributed by atoms with Crippen molar-refractivity contribution in [2.45, 2.75) is 13.0 Å². The Kier molecular flexibility index (Phi) is 4.40. The molecule has 0 amide bonds. The Balaban J connectivity index is 2.15. The fraction of sp³-hybridized carbons (Fsp3) is 0.143. The van der Waals surface area contributed by atoms with Gasteiger partial charge in [0, 0.05) is 20.7 Å². The smallest absolute Gasteiger partial charge is 0.124 e. The van der Waals surface area contributed by atoms with Gasteiger partial charge < -0.3 is 5.32 Å². The first-order valence-corrected chi connectivity index (χ1v) is 7.12. The Bertz CT molecular complexity index is 540. The number of benzene rings is 2. The Morgan fingerprint density at radius 3 is 2.33 bits per heavy atom. The zero-order valence-electron chi connectivity index (χ0n) is 9.75. The highest BCUT2D eigenvalue weighted by molar-refractivity contribution is 9.10. The van der Waals surface area contributed by atoms with Crippen molar-refractivity contribution in [1.82, 2.24) is 0 Å².